The molecule has 1 aromatic heterocycles. The van der Waals surface area contributed by atoms with E-state index in [1.807, 2.05) is 0 Å². The Labute approximate surface area is 97.6 Å². The Morgan fingerprint density at radius 1 is 1.53 bits per heavy atom. The van der Waals surface area contributed by atoms with Crippen LogP contribution in [0.4, 0.5) is 0 Å². The Morgan fingerprint density at radius 3 is 3.07 bits per heavy atom. The number of aromatic nitrogens is 2. The Bertz CT molecular complexity index is 351. The second-order valence-corrected chi connectivity index (χ2v) is 4.68. The molecule has 2 rings (SSSR count). The molecular formula is C10H16BrN3O. The van der Waals surface area contributed by atoms with Crippen molar-refractivity contribution in [1.82, 2.24) is 9.55 Å². The van der Waals surface area contributed by atoms with Gasteiger partial charge in [-0.2, -0.15) is 0 Å². The number of hydrogen-bond donors (Lipinski definition) is 2. The van der Waals surface area contributed by atoms with E-state index in [1.165, 1.54) is 12.8 Å². The van der Waals surface area contributed by atoms with Crippen LogP contribution in [-0.2, 0) is 13.0 Å². The molecule has 0 fully saturated rings. The molecule has 0 saturated heterocycles. The number of aliphatic hydroxyl groups is 1. The Morgan fingerprint density at radius 2 is 2.33 bits per heavy atom. The summed E-state index contributed by atoms with van der Waals surface area (Å²) in [7, 11) is 0. The minimum Gasteiger partial charge on any atom is -0.396 e. The molecule has 0 bridgehead atoms. The highest BCUT2D eigenvalue weighted by Crippen LogP contribution is 2.28. The fourth-order valence-corrected chi connectivity index (χ4v) is 2.82. The first-order chi connectivity index (χ1) is 7.24. The summed E-state index contributed by atoms with van der Waals surface area (Å²) in [6, 6.07) is -0.122. The van der Waals surface area contributed by atoms with Crippen molar-refractivity contribution < 1.29 is 5.11 Å². The van der Waals surface area contributed by atoms with Gasteiger partial charge in [0, 0.05) is 25.6 Å². The lowest BCUT2D eigenvalue weighted by Gasteiger charge is -2.19. The molecule has 15 heavy (non-hydrogen) atoms. The van der Waals surface area contributed by atoms with E-state index >= 15 is 0 Å². The van der Waals surface area contributed by atoms with Gasteiger partial charge in [0.15, 0.2) is 0 Å². The van der Waals surface area contributed by atoms with Gasteiger partial charge in [-0.3, -0.25) is 0 Å². The summed E-state index contributed by atoms with van der Waals surface area (Å²) in [5.41, 5.74) is 7.06. The molecule has 0 saturated carbocycles. The summed E-state index contributed by atoms with van der Waals surface area (Å²) in [4.78, 5) is 4.47. The van der Waals surface area contributed by atoms with Crippen molar-refractivity contribution in [3.8, 4) is 0 Å². The van der Waals surface area contributed by atoms with Crippen LogP contribution in [0, 0.1) is 0 Å². The monoisotopic (exact) mass is 273 g/mol. The zero-order valence-corrected chi connectivity index (χ0v) is 10.2. The summed E-state index contributed by atoms with van der Waals surface area (Å²) in [5, 5.41) is 8.91. The van der Waals surface area contributed by atoms with Gasteiger partial charge in [0.1, 0.15) is 10.4 Å². The predicted octanol–water partition coefficient (Wildman–Crippen LogP) is 1.36. The average Bonchev–Trinajstić information content (AvgIpc) is 2.54. The Hall–Kier alpha value is -0.390. The maximum atomic E-state index is 8.91. The third kappa shape index (κ3) is 2.09. The number of fused-ring (bicyclic) bond motifs is 1. The third-order valence-corrected chi connectivity index (χ3v) is 3.45. The molecule has 3 N–H and O–H groups in total. The SMILES string of the molecule is NC(CCO)c1c(Br)nc2n1CCCC2. The van der Waals surface area contributed by atoms with Gasteiger partial charge in [-0.25, -0.2) is 4.98 Å². The van der Waals surface area contributed by atoms with Crippen LogP contribution >= 0.6 is 15.9 Å². The highest BCUT2D eigenvalue weighted by atomic mass is 79.9. The van der Waals surface area contributed by atoms with Gasteiger partial charge in [0.05, 0.1) is 5.69 Å². The first kappa shape index (κ1) is 11.1. The maximum Gasteiger partial charge on any atom is 0.129 e. The lowest BCUT2D eigenvalue weighted by Crippen LogP contribution is -2.20. The molecule has 1 atom stereocenters. The molecule has 2 heterocycles. The van der Waals surface area contributed by atoms with Gasteiger partial charge in [0.2, 0.25) is 0 Å². The average molecular weight is 274 g/mol. The van der Waals surface area contributed by atoms with E-state index in [2.05, 4.69) is 25.5 Å². The van der Waals surface area contributed by atoms with Gasteiger partial charge < -0.3 is 15.4 Å². The van der Waals surface area contributed by atoms with Crippen LogP contribution in [0.2, 0.25) is 0 Å². The highest BCUT2D eigenvalue weighted by Gasteiger charge is 2.22. The Balaban J connectivity index is 2.32. The van der Waals surface area contributed by atoms with Crippen LogP contribution < -0.4 is 5.73 Å². The van der Waals surface area contributed by atoms with Crippen molar-refractivity contribution in [1.29, 1.82) is 0 Å². The van der Waals surface area contributed by atoms with Crippen molar-refractivity contribution in [2.45, 2.75) is 38.3 Å². The van der Waals surface area contributed by atoms with Gasteiger partial charge in [0.25, 0.3) is 0 Å². The molecular weight excluding hydrogens is 258 g/mol. The zero-order chi connectivity index (χ0) is 10.8. The molecule has 0 amide bonds. The number of aryl methyl sites for hydroxylation is 1. The number of imidazole rings is 1. The van der Waals surface area contributed by atoms with Crippen LogP contribution in [0.3, 0.4) is 0 Å². The van der Waals surface area contributed by atoms with Gasteiger partial charge in [-0.15, -0.1) is 0 Å². The van der Waals surface area contributed by atoms with E-state index in [1.54, 1.807) is 0 Å². The molecule has 1 aliphatic heterocycles. The van der Waals surface area contributed by atoms with Crippen LogP contribution in [-0.4, -0.2) is 21.3 Å². The normalized spacial score (nSPS) is 17.5. The summed E-state index contributed by atoms with van der Waals surface area (Å²) >= 11 is 3.45. The number of halogens is 1. The van der Waals surface area contributed by atoms with Gasteiger partial charge >= 0.3 is 0 Å². The lowest BCUT2D eigenvalue weighted by atomic mass is 10.1. The highest BCUT2D eigenvalue weighted by molar-refractivity contribution is 9.10. The number of nitrogens with two attached hydrogens (primary N) is 1. The van der Waals surface area contributed by atoms with Crippen LogP contribution in [0.15, 0.2) is 4.60 Å². The van der Waals surface area contributed by atoms with E-state index in [0.29, 0.717) is 6.42 Å². The molecule has 0 spiro atoms. The smallest absolute Gasteiger partial charge is 0.129 e. The minimum atomic E-state index is -0.122. The quantitative estimate of drug-likeness (QED) is 0.874. The lowest BCUT2D eigenvalue weighted by molar-refractivity contribution is 0.273. The Kier molecular flexibility index (Phi) is 3.43. The van der Waals surface area contributed by atoms with E-state index in [9.17, 15) is 0 Å². The van der Waals surface area contributed by atoms with Crippen molar-refractivity contribution in [3.05, 3.63) is 16.1 Å². The fraction of sp³-hybridized carbons (Fsp3) is 0.700. The zero-order valence-electron chi connectivity index (χ0n) is 8.62. The van der Waals surface area contributed by atoms with Crippen molar-refractivity contribution in [2.24, 2.45) is 5.73 Å². The van der Waals surface area contributed by atoms with Crippen molar-refractivity contribution >= 4 is 15.9 Å². The van der Waals surface area contributed by atoms with Crippen LogP contribution in [0.5, 0.6) is 0 Å². The van der Waals surface area contributed by atoms with Crippen LogP contribution in [0.1, 0.15) is 36.8 Å². The fourth-order valence-electron chi connectivity index (χ4n) is 2.10. The van der Waals surface area contributed by atoms with Crippen molar-refractivity contribution in [2.75, 3.05) is 6.61 Å². The third-order valence-electron chi connectivity index (χ3n) is 2.86. The number of nitrogens with zero attached hydrogens (tertiary/aromatic N) is 2. The molecule has 4 nitrogen and oxygen atoms in total. The first-order valence-corrected chi connectivity index (χ1v) is 6.14. The van der Waals surface area contributed by atoms with Gasteiger partial charge in [-0.05, 0) is 35.2 Å². The largest absolute Gasteiger partial charge is 0.396 e. The predicted molar refractivity (Wildman–Crippen MR) is 61.5 cm³/mol. The standard InChI is InChI=1S/C10H16BrN3O/c11-10-9(7(12)4-6-15)14-5-2-1-3-8(14)13-10/h7,15H,1-6,12H2. The molecule has 0 aliphatic carbocycles. The summed E-state index contributed by atoms with van der Waals surface area (Å²) in [5.74, 6) is 1.12. The van der Waals surface area contributed by atoms with Crippen LogP contribution in [0.25, 0.3) is 0 Å². The molecule has 0 radical (unpaired) electrons. The number of hydrogen-bond acceptors (Lipinski definition) is 3. The van der Waals surface area contributed by atoms with E-state index < -0.39 is 0 Å². The molecule has 1 aromatic rings. The van der Waals surface area contributed by atoms with E-state index in [0.717, 1.165) is 29.1 Å². The summed E-state index contributed by atoms with van der Waals surface area (Å²) in [6.45, 7) is 1.12. The maximum absolute atomic E-state index is 8.91. The number of rotatable bonds is 3. The molecule has 5 heteroatoms. The summed E-state index contributed by atoms with van der Waals surface area (Å²) < 4.78 is 3.05. The second kappa shape index (κ2) is 4.63. The first-order valence-electron chi connectivity index (χ1n) is 5.35. The second-order valence-electron chi connectivity index (χ2n) is 3.93. The molecule has 0 aromatic carbocycles. The molecule has 1 aliphatic rings. The van der Waals surface area contributed by atoms with Gasteiger partial charge in [-0.1, -0.05) is 0 Å². The van der Waals surface area contributed by atoms with E-state index in [4.69, 9.17) is 10.8 Å². The van der Waals surface area contributed by atoms with E-state index in [-0.39, 0.29) is 12.6 Å². The summed E-state index contributed by atoms with van der Waals surface area (Å²) in [6.07, 6.45) is 4.01. The number of aliphatic hydroxyl groups excluding tert-OH is 1. The topological polar surface area (TPSA) is 64.1 Å². The minimum absolute atomic E-state index is 0.119. The van der Waals surface area contributed by atoms with Crippen molar-refractivity contribution in [3.63, 3.8) is 0 Å². The molecule has 84 valence electrons. The molecule has 1 unspecified atom stereocenters.